The third-order valence-electron chi connectivity index (χ3n) is 3.25. The first-order chi connectivity index (χ1) is 9.92. The van der Waals surface area contributed by atoms with Gasteiger partial charge in [0.15, 0.2) is 5.96 Å². The van der Waals surface area contributed by atoms with E-state index in [2.05, 4.69) is 22.1 Å². The fourth-order valence-corrected chi connectivity index (χ4v) is 3.35. The van der Waals surface area contributed by atoms with E-state index in [1.807, 2.05) is 27.8 Å². The monoisotopic (exact) mass is 448 g/mol. The molecule has 8 heteroatoms. The highest BCUT2D eigenvalue weighted by atomic mass is 127. The van der Waals surface area contributed by atoms with Gasteiger partial charge in [0.2, 0.25) is 10.0 Å². The summed E-state index contributed by atoms with van der Waals surface area (Å²) in [5.41, 5.74) is 0. The van der Waals surface area contributed by atoms with Crippen molar-refractivity contribution in [3.8, 4) is 0 Å². The van der Waals surface area contributed by atoms with E-state index in [9.17, 15) is 8.42 Å². The van der Waals surface area contributed by atoms with Gasteiger partial charge in [0.05, 0.1) is 12.3 Å². The summed E-state index contributed by atoms with van der Waals surface area (Å²) in [6.45, 7) is 10.9. The van der Waals surface area contributed by atoms with E-state index >= 15 is 0 Å². The van der Waals surface area contributed by atoms with E-state index in [1.54, 1.807) is 0 Å². The van der Waals surface area contributed by atoms with Crippen LogP contribution < -0.4 is 5.32 Å². The average Bonchev–Trinajstić information content (AvgIpc) is 2.44. The Morgan fingerprint density at radius 1 is 1.14 bits per heavy atom. The molecule has 0 fully saturated rings. The summed E-state index contributed by atoms with van der Waals surface area (Å²) in [5, 5.41) is 3.20. The Labute approximate surface area is 153 Å². The molecule has 0 aliphatic heterocycles. The van der Waals surface area contributed by atoms with Crippen molar-refractivity contribution in [1.29, 1.82) is 0 Å². The van der Waals surface area contributed by atoms with Crippen LogP contribution in [0.25, 0.3) is 0 Å². The van der Waals surface area contributed by atoms with Gasteiger partial charge in [-0.3, -0.25) is 4.99 Å². The molecule has 0 aliphatic rings. The van der Waals surface area contributed by atoms with Gasteiger partial charge in [0.1, 0.15) is 0 Å². The minimum Gasteiger partial charge on any atom is -0.357 e. The zero-order valence-electron chi connectivity index (χ0n) is 14.6. The first-order valence-electron chi connectivity index (χ1n) is 7.90. The van der Waals surface area contributed by atoms with Crippen molar-refractivity contribution < 1.29 is 8.42 Å². The number of hydrogen-bond acceptors (Lipinski definition) is 3. The molecule has 6 nitrogen and oxygen atoms in total. The van der Waals surface area contributed by atoms with Crippen molar-refractivity contribution >= 4 is 40.0 Å². The molecule has 22 heavy (non-hydrogen) atoms. The lowest BCUT2D eigenvalue weighted by molar-refractivity contribution is 0.444. The third-order valence-corrected chi connectivity index (χ3v) is 5.25. The first-order valence-corrected chi connectivity index (χ1v) is 9.51. The summed E-state index contributed by atoms with van der Waals surface area (Å²) in [5.74, 6) is 0.839. The molecule has 0 amide bonds. The van der Waals surface area contributed by atoms with Gasteiger partial charge < -0.3 is 10.2 Å². The lowest BCUT2D eigenvalue weighted by atomic mass is 10.3. The van der Waals surface area contributed by atoms with Crippen LogP contribution in [-0.2, 0) is 10.0 Å². The fourth-order valence-electron chi connectivity index (χ4n) is 1.98. The molecule has 0 aromatic heterocycles. The maximum Gasteiger partial charge on any atom is 0.215 e. The molecule has 0 saturated carbocycles. The molecule has 0 atom stereocenters. The second-order valence-corrected chi connectivity index (χ2v) is 7.00. The molecule has 0 aromatic rings. The van der Waals surface area contributed by atoms with Crippen LogP contribution in [0.5, 0.6) is 0 Å². The van der Waals surface area contributed by atoms with Crippen LogP contribution in [0.4, 0.5) is 0 Å². The van der Waals surface area contributed by atoms with E-state index in [4.69, 9.17) is 0 Å². The molecule has 0 radical (unpaired) electrons. The largest absolute Gasteiger partial charge is 0.357 e. The molecule has 134 valence electrons. The Balaban J connectivity index is 0. The average molecular weight is 448 g/mol. The molecule has 0 bridgehead atoms. The van der Waals surface area contributed by atoms with Gasteiger partial charge in [-0.1, -0.05) is 27.2 Å². The number of nitrogens with one attached hydrogen (secondary N) is 1. The van der Waals surface area contributed by atoms with Gasteiger partial charge in [-0.2, -0.15) is 0 Å². The summed E-state index contributed by atoms with van der Waals surface area (Å²) in [7, 11) is -1.21. The second-order valence-electron chi connectivity index (χ2n) is 4.91. The predicted molar refractivity (Wildman–Crippen MR) is 106 cm³/mol. The van der Waals surface area contributed by atoms with Gasteiger partial charge >= 0.3 is 0 Å². The molecule has 0 unspecified atom stereocenters. The Kier molecular flexibility index (Phi) is 14.7. The highest BCUT2D eigenvalue weighted by molar-refractivity contribution is 14.0. The number of nitrogens with zero attached hydrogens (tertiary/aromatic N) is 3. The number of sulfonamides is 1. The van der Waals surface area contributed by atoms with Gasteiger partial charge in [0.25, 0.3) is 0 Å². The minimum absolute atomic E-state index is 0. The number of aliphatic imine (C=N–C) groups is 1. The molecule has 0 rings (SSSR count). The topological polar surface area (TPSA) is 65.0 Å². The molecular formula is C14H33IN4O2S. The Morgan fingerprint density at radius 3 is 2.18 bits per heavy atom. The smallest absolute Gasteiger partial charge is 0.215 e. The van der Waals surface area contributed by atoms with Crippen LogP contribution >= 0.6 is 24.0 Å². The van der Waals surface area contributed by atoms with Gasteiger partial charge in [0, 0.05) is 33.2 Å². The molecule has 0 heterocycles. The lowest BCUT2D eigenvalue weighted by Gasteiger charge is -2.22. The molecule has 0 aliphatic carbocycles. The standard InChI is InChI=1S/C14H32N4O2S.HI/c1-6-10-12-17(5)14(15-7-2)16-11-13-21(19,20)18(8-3)9-4;/h6-13H2,1-5H3,(H,15,16);1H. The van der Waals surface area contributed by atoms with E-state index < -0.39 is 10.0 Å². The number of unbranched alkanes of at least 4 members (excludes halogenated alkanes) is 1. The van der Waals surface area contributed by atoms with E-state index in [-0.39, 0.29) is 36.3 Å². The van der Waals surface area contributed by atoms with Gasteiger partial charge in [-0.25, -0.2) is 12.7 Å². The van der Waals surface area contributed by atoms with Crippen molar-refractivity contribution in [2.75, 3.05) is 45.5 Å². The predicted octanol–water partition coefficient (Wildman–Crippen LogP) is 1.97. The van der Waals surface area contributed by atoms with Crippen molar-refractivity contribution in [3.63, 3.8) is 0 Å². The normalized spacial score (nSPS) is 12.2. The molecule has 0 spiro atoms. The quantitative estimate of drug-likeness (QED) is 0.315. The maximum atomic E-state index is 12.1. The Hall–Kier alpha value is -0.0900. The molecular weight excluding hydrogens is 415 g/mol. The highest BCUT2D eigenvalue weighted by Crippen LogP contribution is 2.01. The summed E-state index contributed by atoms with van der Waals surface area (Å²) in [6, 6.07) is 0. The zero-order chi connectivity index (χ0) is 16.3. The van der Waals surface area contributed by atoms with Crippen molar-refractivity contribution in [3.05, 3.63) is 0 Å². The maximum absolute atomic E-state index is 12.1. The molecule has 0 aromatic carbocycles. The van der Waals surface area contributed by atoms with Crippen LogP contribution in [0.1, 0.15) is 40.5 Å². The zero-order valence-corrected chi connectivity index (χ0v) is 17.8. The van der Waals surface area contributed by atoms with E-state index in [0.29, 0.717) is 13.1 Å². The van der Waals surface area contributed by atoms with Crippen LogP contribution in [0.2, 0.25) is 0 Å². The SMILES string of the molecule is CCCCN(C)C(=NCCS(=O)(=O)N(CC)CC)NCC.I. The van der Waals surface area contributed by atoms with Crippen molar-refractivity contribution in [2.24, 2.45) is 4.99 Å². The van der Waals surface area contributed by atoms with Crippen LogP contribution in [0, 0.1) is 0 Å². The highest BCUT2D eigenvalue weighted by Gasteiger charge is 2.18. The van der Waals surface area contributed by atoms with E-state index in [0.717, 1.165) is 31.9 Å². The summed E-state index contributed by atoms with van der Waals surface area (Å²) in [4.78, 5) is 6.48. The van der Waals surface area contributed by atoms with Crippen molar-refractivity contribution in [1.82, 2.24) is 14.5 Å². The Bertz CT molecular complexity index is 398. The van der Waals surface area contributed by atoms with Gasteiger partial charge in [-0.05, 0) is 13.3 Å². The van der Waals surface area contributed by atoms with Crippen molar-refractivity contribution in [2.45, 2.75) is 40.5 Å². The molecule has 0 saturated heterocycles. The molecule has 1 N–H and O–H groups in total. The number of halogens is 1. The summed E-state index contributed by atoms with van der Waals surface area (Å²) >= 11 is 0. The number of hydrogen-bond donors (Lipinski definition) is 1. The van der Waals surface area contributed by atoms with E-state index in [1.165, 1.54) is 4.31 Å². The number of guanidine groups is 1. The second kappa shape index (κ2) is 13.4. The van der Waals surface area contributed by atoms with Crippen LogP contribution in [0.15, 0.2) is 4.99 Å². The number of rotatable bonds is 10. The summed E-state index contributed by atoms with van der Waals surface area (Å²) in [6.07, 6.45) is 2.22. The Morgan fingerprint density at radius 2 is 1.73 bits per heavy atom. The third kappa shape index (κ3) is 9.14. The van der Waals surface area contributed by atoms with Crippen LogP contribution in [0.3, 0.4) is 0 Å². The van der Waals surface area contributed by atoms with Crippen LogP contribution in [-0.4, -0.2) is 69.1 Å². The first kappa shape index (κ1) is 24.2. The minimum atomic E-state index is -3.20. The lowest BCUT2D eigenvalue weighted by Crippen LogP contribution is -2.40. The summed E-state index contributed by atoms with van der Waals surface area (Å²) < 4.78 is 25.7. The fraction of sp³-hybridized carbons (Fsp3) is 0.929. The van der Waals surface area contributed by atoms with Gasteiger partial charge in [-0.15, -0.1) is 24.0 Å².